The fraction of sp³-hybridized carbons (Fsp3) is 0.643. The maximum absolute atomic E-state index is 14.8. The molecule has 7 atom stereocenters. The highest BCUT2D eigenvalue weighted by molar-refractivity contribution is 7.59. The Morgan fingerprint density at radius 2 is 1.82 bits per heavy atom. The van der Waals surface area contributed by atoms with E-state index in [0.717, 1.165) is 78.5 Å². The number of hydrogen-bond donors (Lipinski definition) is 3. The number of ketones is 1. The minimum atomic E-state index is -3.67. The molecule has 4 heterocycles. The molecule has 2 unspecified atom stereocenters. The minimum Gasteiger partial charge on any atom is -0.488 e. The van der Waals surface area contributed by atoms with Gasteiger partial charge >= 0.3 is 6.09 Å². The lowest BCUT2D eigenvalue weighted by Gasteiger charge is -2.32. The van der Waals surface area contributed by atoms with E-state index in [1.54, 1.807) is 6.92 Å². The second kappa shape index (κ2) is 17.0. The quantitative estimate of drug-likeness (QED) is 0.190. The van der Waals surface area contributed by atoms with Crippen molar-refractivity contribution in [3.05, 3.63) is 34.7 Å². The van der Waals surface area contributed by atoms with Gasteiger partial charge in [0.25, 0.3) is 0 Å². The molecule has 2 aromatic heterocycles. The van der Waals surface area contributed by atoms with Gasteiger partial charge in [0, 0.05) is 49.0 Å². The summed E-state index contributed by atoms with van der Waals surface area (Å²) in [5.74, 6) is -0.242. The SMILES string of the molecule is Cc1ccc2c(O[C@@H]3C[C@H]4C(=O)C[C@]5(P(C)(=O)O)C[C@@H]5CCCCCOC(C)[C@H](NC(=O)OC5CCCC5)C(=O)N4C3)cc(-c3csc(NC(C)C)n3)nc2c1C. The van der Waals surface area contributed by atoms with E-state index in [0.29, 0.717) is 30.2 Å². The summed E-state index contributed by atoms with van der Waals surface area (Å²) >= 11 is 1.50. The second-order valence-corrected chi connectivity index (χ2v) is 20.6. The number of pyridine rings is 1. The number of rotatable bonds is 8. The van der Waals surface area contributed by atoms with Crippen molar-refractivity contribution < 1.29 is 38.1 Å². The number of fused-ring (bicyclic) bond motifs is 3. The van der Waals surface area contributed by atoms with Crippen LogP contribution in [0.1, 0.15) is 103 Å². The standard InChI is InChI=1S/C42H58N5O8PS/c1-24(2)43-40-45-33(23-57-40)32-19-36(31-16-15-25(3)26(4)37(31)44-32)54-30-18-34-35(48)21-42(56(6,51)52)20-28(42)12-8-7-11-17-53-27(5)38(39(49)47(34)22-30)46-41(50)55-29-13-9-10-14-29/h15-16,19,23-24,27-30,34,38H,7-14,17-18,20-22H2,1-6H3,(H,43,45)(H,46,50)(H,51,52)/t27?,28-,30+,34-,38-,42+/m0/s1. The van der Waals surface area contributed by atoms with E-state index in [4.69, 9.17) is 24.2 Å². The van der Waals surface area contributed by atoms with Crippen LogP contribution in [0.5, 0.6) is 5.75 Å². The number of thiazole rings is 1. The third-order valence-electron chi connectivity index (χ3n) is 12.5. The lowest BCUT2D eigenvalue weighted by molar-refractivity contribution is -0.142. The number of anilines is 1. The Morgan fingerprint density at radius 1 is 1.07 bits per heavy atom. The molecule has 0 radical (unpaired) electrons. The van der Waals surface area contributed by atoms with Gasteiger partial charge in [0.05, 0.1) is 35.1 Å². The van der Waals surface area contributed by atoms with Gasteiger partial charge in [0.2, 0.25) is 13.3 Å². The van der Waals surface area contributed by atoms with E-state index in [2.05, 4.69) is 24.5 Å². The van der Waals surface area contributed by atoms with Crippen molar-refractivity contribution in [1.82, 2.24) is 20.2 Å². The largest absolute Gasteiger partial charge is 0.488 e. The minimum absolute atomic E-state index is 0.0418. The molecule has 4 aliphatic rings. The first-order valence-corrected chi connectivity index (χ1v) is 23.6. The van der Waals surface area contributed by atoms with Crippen LogP contribution in [0.25, 0.3) is 22.3 Å². The van der Waals surface area contributed by atoms with Gasteiger partial charge in [-0.15, -0.1) is 11.3 Å². The third-order valence-corrected chi connectivity index (χ3v) is 15.7. The van der Waals surface area contributed by atoms with E-state index in [1.165, 1.54) is 22.9 Å². The number of Topliss-reactive ketones (excluding diaryl/α,β-unsaturated/α-hetero) is 1. The molecule has 3 N–H and O–H groups in total. The van der Waals surface area contributed by atoms with Crippen LogP contribution in [0.3, 0.4) is 0 Å². The molecule has 0 bridgehead atoms. The summed E-state index contributed by atoms with van der Waals surface area (Å²) in [5, 5.41) is 8.71. The van der Waals surface area contributed by atoms with Crippen LogP contribution in [0, 0.1) is 19.8 Å². The van der Waals surface area contributed by atoms with Crippen LogP contribution in [0.4, 0.5) is 9.93 Å². The van der Waals surface area contributed by atoms with Gasteiger partial charge in [-0.25, -0.2) is 14.8 Å². The number of nitrogens with zero attached hydrogens (tertiary/aromatic N) is 3. The molecule has 1 aromatic carbocycles. The summed E-state index contributed by atoms with van der Waals surface area (Å²) in [6.45, 7) is 11.7. The predicted octanol–water partition coefficient (Wildman–Crippen LogP) is 7.78. The molecule has 3 aromatic rings. The van der Waals surface area contributed by atoms with Gasteiger partial charge in [-0.2, -0.15) is 0 Å². The van der Waals surface area contributed by atoms with E-state index in [9.17, 15) is 23.8 Å². The van der Waals surface area contributed by atoms with Crippen LogP contribution >= 0.6 is 18.7 Å². The van der Waals surface area contributed by atoms with Crippen molar-refractivity contribution in [3.63, 3.8) is 0 Å². The first-order valence-electron chi connectivity index (χ1n) is 20.7. The fourth-order valence-corrected chi connectivity index (χ4v) is 11.7. The highest BCUT2D eigenvalue weighted by Crippen LogP contribution is 2.72. The zero-order valence-corrected chi connectivity index (χ0v) is 35.8. The van der Waals surface area contributed by atoms with Gasteiger partial charge in [-0.1, -0.05) is 18.9 Å². The van der Waals surface area contributed by atoms with E-state index >= 15 is 0 Å². The smallest absolute Gasteiger partial charge is 0.408 e. The van der Waals surface area contributed by atoms with Crippen molar-refractivity contribution in [2.75, 3.05) is 25.1 Å². The number of alkyl carbamates (subject to hydrolysis) is 1. The Morgan fingerprint density at radius 3 is 2.56 bits per heavy atom. The molecule has 0 spiro atoms. The number of aryl methyl sites for hydroxylation is 2. The molecule has 7 rings (SSSR count). The van der Waals surface area contributed by atoms with E-state index in [1.807, 2.05) is 37.4 Å². The number of ether oxygens (including phenoxy) is 3. The van der Waals surface area contributed by atoms with Crippen LogP contribution in [-0.2, 0) is 23.6 Å². The van der Waals surface area contributed by atoms with Crippen LogP contribution in [0.2, 0.25) is 0 Å². The summed E-state index contributed by atoms with van der Waals surface area (Å²) in [6, 6.07) is 4.01. The first-order chi connectivity index (χ1) is 27.1. The molecule has 2 amide bonds. The average Bonchev–Trinajstić information content (AvgIpc) is 3.57. The first kappa shape index (κ1) is 41.6. The predicted molar refractivity (Wildman–Crippen MR) is 221 cm³/mol. The number of nitrogens with one attached hydrogen (secondary N) is 2. The van der Waals surface area contributed by atoms with E-state index in [-0.39, 0.29) is 43.2 Å². The number of carbonyl (C=O) groups is 3. The highest BCUT2D eigenvalue weighted by Gasteiger charge is 2.64. The number of carbonyl (C=O) groups excluding carboxylic acids is 3. The Bertz CT molecular complexity index is 2030. The number of aromatic nitrogens is 2. The number of benzene rings is 1. The molecule has 15 heteroatoms. The lowest BCUT2D eigenvalue weighted by Crippen LogP contribution is -2.57. The van der Waals surface area contributed by atoms with Gasteiger partial charge < -0.3 is 34.6 Å². The Kier molecular flexibility index (Phi) is 12.4. The van der Waals surface area contributed by atoms with Crippen molar-refractivity contribution in [2.45, 2.75) is 147 Å². The van der Waals surface area contributed by atoms with E-state index < -0.39 is 48.8 Å². The Hall–Kier alpha value is -3.58. The topological polar surface area (TPSA) is 169 Å². The molecule has 2 aliphatic carbocycles. The third kappa shape index (κ3) is 9.04. The Labute approximate surface area is 339 Å². The average molecular weight is 824 g/mol. The van der Waals surface area contributed by atoms with Gasteiger partial charge in [0.1, 0.15) is 29.7 Å². The van der Waals surface area contributed by atoms with Gasteiger partial charge in [0.15, 0.2) is 10.9 Å². The Balaban J connectivity index is 1.23. The summed E-state index contributed by atoms with van der Waals surface area (Å²) < 4.78 is 32.2. The molecule has 2 saturated carbocycles. The number of amides is 2. The molecule has 57 heavy (non-hydrogen) atoms. The monoisotopic (exact) mass is 823 g/mol. The zero-order valence-electron chi connectivity index (χ0n) is 34.0. The zero-order chi connectivity index (χ0) is 40.6. The van der Waals surface area contributed by atoms with Crippen LogP contribution in [0.15, 0.2) is 23.6 Å². The van der Waals surface area contributed by atoms with Crippen molar-refractivity contribution in [3.8, 4) is 17.1 Å². The number of hydrogen-bond acceptors (Lipinski definition) is 11. The van der Waals surface area contributed by atoms with Crippen molar-refractivity contribution in [2.24, 2.45) is 5.92 Å². The van der Waals surface area contributed by atoms with Gasteiger partial charge in [-0.05, 0) is 103 Å². The molecule has 4 fully saturated rings. The fourth-order valence-electron chi connectivity index (χ4n) is 8.98. The molecular formula is C42H58N5O8PS. The summed E-state index contributed by atoms with van der Waals surface area (Å²) in [5.41, 5.74) is 4.19. The summed E-state index contributed by atoms with van der Waals surface area (Å²) in [4.78, 5) is 65.1. The molecule has 2 aliphatic heterocycles. The highest BCUT2D eigenvalue weighted by atomic mass is 32.1. The molecule has 310 valence electrons. The van der Waals surface area contributed by atoms with Crippen molar-refractivity contribution in [1.29, 1.82) is 0 Å². The maximum Gasteiger partial charge on any atom is 0.408 e. The molecular weight excluding hydrogens is 766 g/mol. The molecule has 13 nitrogen and oxygen atoms in total. The van der Waals surface area contributed by atoms with Crippen LogP contribution < -0.4 is 15.4 Å². The summed E-state index contributed by atoms with van der Waals surface area (Å²) in [7, 11) is -3.67. The lowest BCUT2D eigenvalue weighted by atomic mass is 10.0. The van der Waals surface area contributed by atoms with Gasteiger partial charge in [-0.3, -0.25) is 14.2 Å². The van der Waals surface area contributed by atoms with Crippen LogP contribution in [-0.4, -0.2) is 99.0 Å². The maximum atomic E-state index is 14.8. The molecule has 2 saturated heterocycles. The normalized spacial score (nSPS) is 28.6. The summed E-state index contributed by atoms with van der Waals surface area (Å²) in [6.07, 6.45) is 5.02. The van der Waals surface area contributed by atoms with Crippen molar-refractivity contribution >= 4 is 52.5 Å². The second-order valence-electron chi connectivity index (χ2n) is 17.1.